The Labute approximate surface area is 86.2 Å². The smallest absolute Gasteiger partial charge is 0.142 e. The van der Waals surface area contributed by atoms with Crippen LogP contribution in [0.15, 0.2) is 24.3 Å². The van der Waals surface area contributed by atoms with Crippen molar-refractivity contribution < 1.29 is 9.09 Å². The Morgan fingerprint density at radius 2 is 2.00 bits per heavy atom. The second-order valence-corrected chi connectivity index (χ2v) is 4.99. The number of hydrogen-bond donors (Lipinski definition) is 0. The summed E-state index contributed by atoms with van der Waals surface area (Å²) < 4.78 is 17.0. The van der Waals surface area contributed by atoms with Gasteiger partial charge in [-0.15, -0.1) is 4.52 Å². The van der Waals surface area contributed by atoms with Crippen LogP contribution in [0.2, 0.25) is 0 Å². The summed E-state index contributed by atoms with van der Waals surface area (Å²) in [5, 5.41) is 0.808. The molecule has 0 saturated carbocycles. The molecule has 0 amide bonds. The Hall–Kier alpha value is -0.720. The Kier molecular flexibility index (Phi) is 4.24. The Bertz CT molecular complexity index is 321. The molecule has 0 fully saturated rings. The fourth-order valence-corrected chi connectivity index (χ4v) is 2.20. The SMILES string of the molecule is Cc1ccccc1[P+](=O)OCC(C)C. The first-order valence-corrected chi connectivity index (χ1v) is 5.95. The number of aryl methyl sites for hydroxylation is 1. The first-order chi connectivity index (χ1) is 6.61. The molecule has 1 rings (SSSR count). The van der Waals surface area contributed by atoms with E-state index in [-0.39, 0.29) is 0 Å². The third kappa shape index (κ3) is 3.21. The van der Waals surface area contributed by atoms with Gasteiger partial charge in [-0.25, -0.2) is 0 Å². The largest absolute Gasteiger partial charge is 0.548 e. The van der Waals surface area contributed by atoms with Crippen molar-refractivity contribution in [1.29, 1.82) is 0 Å². The van der Waals surface area contributed by atoms with Gasteiger partial charge in [0.25, 0.3) is 0 Å². The zero-order chi connectivity index (χ0) is 10.6. The second kappa shape index (κ2) is 5.23. The van der Waals surface area contributed by atoms with Crippen LogP contribution >= 0.6 is 8.03 Å². The molecule has 1 atom stereocenters. The zero-order valence-corrected chi connectivity index (χ0v) is 9.75. The highest BCUT2D eigenvalue weighted by atomic mass is 31.1. The molecule has 0 aromatic heterocycles. The second-order valence-electron chi connectivity index (χ2n) is 3.73. The van der Waals surface area contributed by atoms with Crippen molar-refractivity contribution >= 4 is 13.3 Å². The Morgan fingerprint density at radius 1 is 1.36 bits per heavy atom. The summed E-state index contributed by atoms with van der Waals surface area (Å²) in [6.07, 6.45) is 0. The molecule has 1 aromatic carbocycles. The van der Waals surface area contributed by atoms with Gasteiger partial charge in [0.05, 0.1) is 0 Å². The van der Waals surface area contributed by atoms with Gasteiger partial charge in [0.2, 0.25) is 5.30 Å². The standard InChI is InChI=1S/C11H16O2P/c1-9(2)8-13-14(12)11-7-5-4-6-10(11)3/h4-7,9H,8H2,1-3H3/q+1. The lowest BCUT2D eigenvalue weighted by Gasteiger charge is -1.97. The molecule has 0 bridgehead atoms. The predicted octanol–water partition coefficient (Wildman–Crippen LogP) is 3.04. The van der Waals surface area contributed by atoms with Crippen LogP contribution in [0.25, 0.3) is 0 Å². The van der Waals surface area contributed by atoms with Gasteiger partial charge in [-0.1, -0.05) is 32.0 Å². The maximum Gasteiger partial charge on any atom is 0.548 e. The normalized spacial score (nSPS) is 11.9. The monoisotopic (exact) mass is 211 g/mol. The third-order valence-electron chi connectivity index (χ3n) is 1.84. The van der Waals surface area contributed by atoms with Gasteiger partial charge in [0.15, 0.2) is 0 Å². The average Bonchev–Trinajstić information content (AvgIpc) is 2.15. The van der Waals surface area contributed by atoms with Gasteiger partial charge in [-0.3, -0.25) is 0 Å². The average molecular weight is 211 g/mol. The van der Waals surface area contributed by atoms with Crippen LogP contribution in [0.3, 0.4) is 0 Å². The van der Waals surface area contributed by atoms with E-state index in [9.17, 15) is 4.57 Å². The van der Waals surface area contributed by atoms with Crippen LogP contribution < -0.4 is 5.30 Å². The van der Waals surface area contributed by atoms with Crippen molar-refractivity contribution in [2.24, 2.45) is 5.92 Å². The summed E-state index contributed by atoms with van der Waals surface area (Å²) >= 11 is 0. The lowest BCUT2D eigenvalue weighted by Crippen LogP contribution is -2.05. The molecule has 0 aliphatic rings. The first kappa shape index (κ1) is 11.4. The quantitative estimate of drug-likeness (QED) is 0.715. The van der Waals surface area contributed by atoms with Crippen molar-refractivity contribution in [1.82, 2.24) is 0 Å². The maximum absolute atomic E-state index is 11.7. The van der Waals surface area contributed by atoms with E-state index in [1.165, 1.54) is 0 Å². The lowest BCUT2D eigenvalue weighted by atomic mass is 10.2. The minimum absolute atomic E-state index is 0.415. The van der Waals surface area contributed by atoms with E-state index in [0.29, 0.717) is 12.5 Å². The molecule has 0 aliphatic heterocycles. The molecule has 0 radical (unpaired) electrons. The number of hydrogen-bond acceptors (Lipinski definition) is 2. The van der Waals surface area contributed by atoms with Crippen LogP contribution in [0.5, 0.6) is 0 Å². The minimum atomic E-state index is -1.68. The highest BCUT2D eigenvalue weighted by molar-refractivity contribution is 7.48. The van der Waals surface area contributed by atoms with E-state index in [4.69, 9.17) is 4.52 Å². The van der Waals surface area contributed by atoms with Crippen molar-refractivity contribution in [3.8, 4) is 0 Å². The van der Waals surface area contributed by atoms with E-state index >= 15 is 0 Å². The van der Waals surface area contributed by atoms with Crippen molar-refractivity contribution in [2.75, 3.05) is 6.61 Å². The highest BCUT2D eigenvalue weighted by Crippen LogP contribution is 2.23. The molecule has 3 heteroatoms. The molecule has 14 heavy (non-hydrogen) atoms. The topological polar surface area (TPSA) is 26.3 Å². The van der Waals surface area contributed by atoms with Crippen molar-refractivity contribution in [3.05, 3.63) is 29.8 Å². The van der Waals surface area contributed by atoms with E-state index in [1.54, 1.807) is 0 Å². The summed E-state index contributed by atoms with van der Waals surface area (Å²) in [6, 6.07) is 7.62. The fraction of sp³-hybridized carbons (Fsp3) is 0.455. The van der Waals surface area contributed by atoms with E-state index < -0.39 is 8.03 Å². The summed E-state index contributed by atoms with van der Waals surface area (Å²) in [5.74, 6) is 0.415. The molecule has 0 heterocycles. The summed E-state index contributed by atoms with van der Waals surface area (Å²) in [7, 11) is -1.68. The Balaban J connectivity index is 2.65. The fourth-order valence-electron chi connectivity index (χ4n) is 1.05. The molecule has 0 spiro atoms. The summed E-state index contributed by atoms with van der Waals surface area (Å²) in [5.41, 5.74) is 1.03. The van der Waals surface area contributed by atoms with Gasteiger partial charge in [0, 0.05) is 5.56 Å². The van der Waals surface area contributed by atoms with Crippen molar-refractivity contribution in [2.45, 2.75) is 20.8 Å². The van der Waals surface area contributed by atoms with Gasteiger partial charge >= 0.3 is 8.03 Å². The maximum atomic E-state index is 11.7. The molecule has 0 N–H and O–H groups in total. The lowest BCUT2D eigenvalue weighted by molar-refractivity contribution is 0.287. The molecule has 2 nitrogen and oxygen atoms in total. The van der Waals surface area contributed by atoms with Crippen LogP contribution in [0.4, 0.5) is 0 Å². The predicted molar refractivity (Wildman–Crippen MR) is 59.2 cm³/mol. The molecule has 1 unspecified atom stereocenters. The molecular weight excluding hydrogens is 195 g/mol. The van der Waals surface area contributed by atoms with E-state index in [1.807, 2.05) is 45.0 Å². The molecule has 0 saturated heterocycles. The number of rotatable bonds is 4. The zero-order valence-electron chi connectivity index (χ0n) is 8.86. The van der Waals surface area contributed by atoms with Gasteiger partial charge in [-0.2, -0.15) is 0 Å². The molecular formula is C11H16O2P+. The third-order valence-corrected chi connectivity index (χ3v) is 3.12. The minimum Gasteiger partial charge on any atom is -0.142 e. The summed E-state index contributed by atoms with van der Waals surface area (Å²) in [4.78, 5) is 0. The first-order valence-electron chi connectivity index (χ1n) is 4.77. The number of benzene rings is 1. The van der Waals surface area contributed by atoms with E-state index in [0.717, 1.165) is 10.9 Å². The Morgan fingerprint density at radius 3 is 2.57 bits per heavy atom. The van der Waals surface area contributed by atoms with Crippen LogP contribution in [0.1, 0.15) is 19.4 Å². The highest BCUT2D eigenvalue weighted by Gasteiger charge is 2.24. The molecule has 0 aliphatic carbocycles. The van der Waals surface area contributed by atoms with Crippen LogP contribution in [0, 0.1) is 12.8 Å². The van der Waals surface area contributed by atoms with Gasteiger partial charge in [-0.05, 0) is 23.5 Å². The van der Waals surface area contributed by atoms with Crippen LogP contribution in [-0.4, -0.2) is 6.61 Å². The molecule has 76 valence electrons. The van der Waals surface area contributed by atoms with Crippen molar-refractivity contribution in [3.63, 3.8) is 0 Å². The molecule has 1 aromatic rings. The van der Waals surface area contributed by atoms with E-state index in [2.05, 4.69) is 0 Å². The van der Waals surface area contributed by atoms with Gasteiger partial charge < -0.3 is 0 Å². The van der Waals surface area contributed by atoms with Gasteiger partial charge in [0.1, 0.15) is 6.61 Å². The summed E-state index contributed by atoms with van der Waals surface area (Å²) in [6.45, 7) is 6.58. The van der Waals surface area contributed by atoms with Crippen LogP contribution in [-0.2, 0) is 9.09 Å².